The molecule has 0 aromatic carbocycles. The first-order valence-electron chi connectivity index (χ1n) is 10.6. The van der Waals surface area contributed by atoms with Gasteiger partial charge in [-0.05, 0) is 49.3 Å². The molecule has 9 nitrogen and oxygen atoms in total. The molecule has 1 N–H and O–H groups in total. The third-order valence-electron chi connectivity index (χ3n) is 5.98. The van der Waals surface area contributed by atoms with E-state index in [0.717, 1.165) is 17.2 Å². The summed E-state index contributed by atoms with van der Waals surface area (Å²) in [4.78, 5) is 30.4. The van der Waals surface area contributed by atoms with Crippen LogP contribution in [0.5, 0.6) is 0 Å². The van der Waals surface area contributed by atoms with Crippen LogP contribution in [0.25, 0.3) is 5.65 Å². The first-order valence-corrected chi connectivity index (χ1v) is 10.6. The summed E-state index contributed by atoms with van der Waals surface area (Å²) in [6, 6.07) is 5.90. The molecule has 0 saturated carbocycles. The van der Waals surface area contributed by atoms with Gasteiger partial charge in [0.25, 0.3) is 11.5 Å². The van der Waals surface area contributed by atoms with E-state index >= 15 is 0 Å². The van der Waals surface area contributed by atoms with Crippen molar-refractivity contribution >= 4 is 23.2 Å². The zero-order valence-corrected chi connectivity index (χ0v) is 17.7. The van der Waals surface area contributed by atoms with Crippen molar-refractivity contribution in [1.29, 1.82) is 0 Å². The van der Waals surface area contributed by atoms with Gasteiger partial charge >= 0.3 is 0 Å². The highest BCUT2D eigenvalue weighted by molar-refractivity contribution is 6.02. The molecule has 4 heterocycles. The molecule has 11 heteroatoms. The Labute approximate surface area is 187 Å². The first kappa shape index (κ1) is 21.0. The number of hydrogen-bond acceptors (Lipinski definition) is 6. The molecule has 170 valence electrons. The number of alkyl halides is 1. The van der Waals surface area contributed by atoms with Crippen LogP contribution in [-0.4, -0.2) is 49.0 Å². The van der Waals surface area contributed by atoms with Gasteiger partial charge in [-0.1, -0.05) is 0 Å². The SMILES string of the molecule is Cn1nc(C(=O)Nc2cnc3ccc(N4CCCC4C4C=C(F)C=CC4F)nn23)ccc1=O. The van der Waals surface area contributed by atoms with E-state index in [1.165, 1.54) is 42.0 Å². The molecule has 0 radical (unpaired) electrons. The summed E-state index contributed by atoms with van der Waals surface area (Å²) in [5, 5.41) is 11.3. The highest BCUT2D eigenvalue weighted by Gasteiger charge is 2.37. The van der Waals surface area contributed by atoms with Crippen LogP contribution < -0.4 is 15.8 Å². The number of fused-ring (bicyclic) bond motifs is 1. The van der Waals surface area contributed by atoms with E-state index < -0.39 is 23.8 Å². The fraction of sp³-hybridized carbons (Fsp3) is 0.318. The molecule has 33 heavy (non-hydrogen) atoms. The summed E-state index contributed by atoms with van der Waals surface area (Å²) in [5.41, 5.74) is 0.246. The number of nitrogens with one attached hydrogen (secondary N) is 1. The van der Waals surface area contributed by atoms with Crippen LogP contribution in [0, 0.1) is 5.92 Å². The number of aryl methyl sites for hydroxylation is 1. The molecule has 5 rings (SSSR count). The minimum atomic E-state index is -1.27. The first-order chi connectivity index (χ1) is 15.9. The number of imidazole rings is 1. The maximum absolute atomic E-state index is 14.6. The Bertz CT molecular complexity index is 1350. The van der Waals surface area contributed by atoms with Gasteiger partial charge in [-0.3, -0.25) is 9.59 Å². The van der Waals surface area contributed by atoms with E-state index in [1.807, 2.05) is 4.90 Å². The van der Waals surface area contributed by atoms with E-state index in [0.29, 0.717) is 30.2 Å². The third-order valence-corrected chi connectivity index (χ3v) is 5.98. The number of rotatable bonds is 4. The van der Waals surface area contributed by atoms with Crippen LogP contribution >= 0.6 is 0 Å². The maximum atomic E-state index is 14.6. The predicted molar refractivity (Wildman–Crippen MR) is 118 cm³/mol. The molecular weight excluding hydrogens is 432 g/mol. The molecule has 1 amide bonds. The van der Waals surface area contributed by atoms with Crippen molar-refractivity contribution < 1.29 is 13.6 Å². The number of nitrogens with zero attached hydrogens (tertiary/aromatic N) is 6. The van der Waals surface area contributed by atoms with Crippen molar-refractivity contribution in [2.24, 2.45) is 13.0 Å². The maximum Gasteiger partial charge on any atom is 0.277 e. The topological polar surface area (TPSA) is 97.4 Å². The van der Waals surface area contributed by atoms with Crippen LogP contribution in [0.1, 0.15) is 23.3 Å². The number of aromatic nitrogens is 5. The fourth-order valence-electron chi connectivity index (χ4n) is 4.35. The molecule has 1 aliphatic carbocycles. The Morgan fingerprint density at radius 2 is 2.06 bits per heavy atom. The summed E-state index contributed by atoms with van der Waals surface area (Å²) in [7, 11) is 1.46. The van der Waals surface area contributed by atoms with Gasteiger partial charge in [0.1, 0.15) is 23.5 Å². The normalized spacial score (nSPS) is 22.6. The standard InChI is InChI=1S/C22H21F2N7O2/c1-29-21(32)9-6-16(27-29)22(33)26-20-12-25-18-7-8-19(28-31(18)20)30-10-2-3-17(30)14-11-13(23)4-5-15(14)24/h4-9,11-12,14-15,17H,2-3,10H2,1H3,(H,26,33). The summed E-state index contributed by atoms with van der Waals surface area (Å²) >= 11 is 0. The number of allylic oxidation sites excluding steroid dienone is 3. The predicted octanol–water partition coefficient (Wildman–Crippen LogP) is 2.42. The largest absolute Gasteiger partial charge is 0.351 e. The second-order valence-corrected chi connectivity index (χ2v) is 8.07. The molecule has 3 aromatic rings. The molecule has 1 saturated heterocycles. The Hall–Kier alpha value is -3.89. The van der Waals surface area contributed by atoms with Crippen molar-refractivity contribution in [2.45, 2.75) is 25.1 Å². The summed E-state index contributed by atoms with van der Waals surface area (Å²) < 4.78 is 30.9. The Morgan fingerprint density at radius 3 is 2.88 bits per heavy atom. The number of carbonyl (C=O) groups excluding carboxylic acids is 1. The Balaban J connectivity index is 1.43. The lowest BCUT2D eigenvalue weighted by Gasteiger charge is -2.32. The Kier molecular flexibility index (Phi) is 5.23. The lowest BCUT2D eigenvalue weighted by atomic mass is 9.89. The quantitative estimate of drug-likeness (QED) is 0.652. The number of anilines is 2. The number of carbonyl (C=O) groups is 1. The zero-order chi connectivity index (χ0) is 23.1. The van der Waals surface area contributed by atoms with Gasteiger partial charge in [0.05, 0.1) is 6.20 Å². The molecular formula is C22H21F2N7O2. The van der Waals surface area contributed by atoms with Crippen LogP contribution in [0.3, 0.4) is 0 Å². The van der Waals surface area contributed by atoms with E-state index in [4.69, 9.17) is 0 Å². The van der Waals surface area contributed by atoms with Gasteiger partial charge in [0, 0.05) is 31.6 Å². The highest BCUT2D eigenvalue weighted by Crippen LogP contribution is 2.35. The van der Waals surface area contributed by atoms with Gasteiger partial charge in [0.15, 0.2) is 11.5 Å². The van der Waals surface area contributed by atoms with Crippen molar-refractivity contribution in [2.75, 3.05) is 16.8 Å². The summed E-state index contributed by atoms with van der Waals surface area (Å²) in [6.45, 7) is 0.657. The van der Waals surface area contributed by atoms with Crippen LogP contribution in [0.2, 0.25) is 0 Å². The van der Waals surface area contributed by atoms with E-state index in [-0.39, 0.29) is 17.3 Å². The smallest absolute Gasteiger partial charge is 0.277 e. The van der Waals surface area contributed by atoms with Gasteiger partial charge in [0.2, 0.25) is 0 Å². The number of hydrogen-bond donors (Lipinski definition) is 1. The van der Waals surface area contributed by atoms with Gasteiger partial charge in [-0.15, -0.1) is 5.10 Å². The van der Waals surface area contributed by atoms with Crippen molar-refractivity contribution in [3.8, 4) is 0 Å². The molecule has 3 unspecified atom stereocenters. The Morgan fingerprint density at radius 1 is 1.21 bits per heavy atom. The van der Waals surface area contributed by atoms with Crippen LogP contribution in [0.4, 0.5) is 20.4 Å². The zero-order valence-electron chi connectivity index (χ0n) is 17.7. The lowest BCUT2D eigenvalue weighted by molar-refractivity contribution is 0.101. The third kappa shape index (κ3) is 3.90. The minimum Gasteiger partial charge on any atom is -0.351 e. The van der Waals surface area contributed by atoms with E-state index in [2.05, 4.69) is 20.5 Å². The van der Waals surface area contributed by atoms with Crippen molar-refractivity contribution in [3.05, 3.63) is 70.6 Å². The molecule has 0 bridgehead atoms. The second-order valence-electron chi connectivity index (χ2n) is 8.07. The van der Waals surface area contributed by atoms with Gasteiger partial charge in [-0.2, -0.15) is 9.61 Å². The molecule has 3 aromatic heterocycles. The highest BCUT2D eigenvalue weighted by atomic mass is 19.1. The van der Waals surface area contributed by atoms with Gasteiger partial charge < -0.3 is 10.2 Å². The summed E-state index contributed by atoms with van der Waals surface area (Å²) in [5.74, 6) is -0.662. The monoisotopic (exact) mass is 453 g/mol. The van der Waals surface area contributed by atoms with Crippen molar-refractivity contribution in [3.63, 3.8) is 0 Å². The van der Waals surface area contributed by atoms with Crippen molar-refractivity contribution in [1.82, 2.24) is 24.4 Å². The second kappa shape index (κ2) is 8.23. The van der Waals surface area contributed by atoms with E-state index in [1.54, 1.807) is 12.1 Å². The van der Waals surface area contributed by atoms with E-state index in [9.17, 15) is 18.4 Å². The fourth-order valence-corrected chi connectivity index (χ4v) is 4.35. The average molecular weight is 453 g/mol. The van der Waals surface area contributed by atoms with Crippen LogP contribution in [0.15, 0.2) is 59.3 Å². The number of halogens is 2. The molecule has 0 spiro atoms. The molecule has 3 atom stereocenters. The number of amides is 1. The molecule has 2 aliphatic rings. The minimum absolute atomic E-state index is 0.0657. The van der Waals surface area contributed by atoms with Gasteiger partial charge in [-0.25, -0.2) is 18.4 Å². The lowest BCUT2D eigenvalue weighted by Crippen LogP contribution is -2.40. The molecule has 1 fully saturated rings. The summed E-state index contributed by atoms with van der Waals surface area (Å²) in [6.07, 6.45) is 5.50. The van der Waals surface area contributed by atoms with Crippen LogP contribution in [-0.2, 0) is 7.05 Å². The average Bonchev–Trinajstić information content (AvgIpc) is 3.44. The molecule has 1 aliphatic heterocycles.